The molecule has 0 unspecified atom stereocenters. The van der Waals surface area contributed by atoms with Gasteiger partial charge in [0.25, 0.3) is 0 Å². The Kier molecular flexibility index (Phi) is 10.5. The summed E-state index contributed by atoms with van der Waals surface area (Å²) in [4.78, 5) is 11.4. The molecule has 0 spiro atoms. The number of ether oxygens (including phenoxy) is 4. The van der Waals surface area contributed by atoms with E-state index in [9.17, 15) is 4.79 Å². The second kappa shape index (κ2) is 11.5. The molecule has 0 N–H and O–H groups in total. The highest BCUT2D eigenvalue weighted by Crippen LogP contribution is 1.98. The first-order valence-electron chi connectivity index (χ1n) is 5.95. The Balaban J connectivity index is 3.49. The van der Waals surface area contributed by atoms with E-state index in [1.807, 2.05) is 6.92 Å². The van der Waals surface area contributed by atoms with Crippen molar-refractivity contribution >= 4 is 5.97 Å². The number of carbonyl (C=O) groups is 1. The first-order chi connectivity index (χ1) is 9.07. The van der Waals surface area contributed by atoms with Gasteiger partial charge in [-0.05, 0) is 6.92 Å². The smallest absolute Gasteiger partial charge is 0.335 e. The van der Waals surface area contributed by atoms with Gasteiger partial charge < -0.3 is 18.9 Å². The summed E-state index contributed by atoms with van der Waals surface area (Å²) in [5.41, 5.74) is 1.16. The molecule has 0 heterocycles. The minimum atomic E-state index is -0.479. The van der Waals surface area contributed by atoms with Crippen molar-refractivity contribution in [3.63, 3.8) is 0 Å². The lowest BCUT2D eigenvalue weighted by Crippen LogP contribution is -2.16. The van der Waals surface area contributed by atoms with Crippen LogP contribution in [0.2, 0.25) is 0 Å². The summed E-state index contributed by atoms with van der Waals surface area (Å²) in [6.45, 7) is 14.4. The van der Waals surface area contributed by atoms with Gasteiger partial charge in [-0.1, -0.05) is 25.3 Å². The van der Waals surface area contributed by atoms with Crippen molar-refractivity contribution in [3.05, 3.63) is 37.1 Å². The Morgan fingerprint density at radius 2 is 1.74 bits per heavy atom. The quantitative estimate of drug-likeness (QED) is 0.178. The van der Waals surface area contributed by atoms with Crippen molar-refractivity contribution in [3.8, 4) is 0 Å². The Morgan fingerprint density at radius 1 is 1.05 bits per heavy atom. The van der Waals surface area contributed by atoms with Gasteiger partial charge in [0.05, 0.1) is 38.3 Å². The van der Waals surface area contributed by atoms with Crippen LogP contribution in [0.4, 0.5) is 0 Å². The van der Waals surface area contributed by atoms with Gasteiger partial charge in [-0.3, -0.25) is 0 Å². The second-order valence-corrected chi connectivity index (χ2v) is 3.84. The second-order valence-electron chi connectivity index (χ2n) is 3.84. The van der Waals surface area contributed by atoms with Gasteiger partial charge in [0.15, 0.2) is 0 Å². The van der Waals surface area contributed by atoms with Gasteiger partial charge in [-0.25, -0.2) is 4.79 Å². The van der Waals surface area contributed by atoms with E-state index in [0.29, 0.717) is 26.4 Å². The van der Waals surface area contributed by atoms with Gasteiger partial charge in [-0.2, -0.15) is 0 Å². The van der Waals surface area contributed by atoms with Crippen LogP contribution in [0.15, 0.2) is 37.1 Å². The van der Waals surface area contributed by atoms with E-state index < -0.39 is 5.97 Å². The molecule has 0 radical (unpaired) electrons. The molecule has 0 atom stereocenters. The summed E-state index contributed by atoms with van der Waals surface area (Å²) >= 11 is 0. The molecule has 0 aromatic heterocycles. The first kappa shape index (κ1) is 17.4. The molecule has 108 valence electrons. The first-order valence-corrected chi connectivity index (χ1v) is 5.95. The van der Waals surface area contributed by atoms with E-state index in [2.05, 4.69) is 19.7 Å². The average molecular weight is 270 g/mol. The van der Waals surface area contributed by atoms with Gasteiger partial charge in [0.2, 0.25) is 0 Å². The van der Waals surface area contributed by atoms with Crippen LogP contribution in [0.25, 0.3) is 0 Å². The molecule has 5 nitrogen and oxygen atoms in total. The zero-order valence-electron chi connectivity index (χ0n) is 11.5. The van der Waals surface area contributed by atoms with Crippen molar-refractivity contribution in [1.82, 2.24) is 0 Å². The fourth-order valence-electron chi connectivity index (χ4n) is 0.995. The third-order valence-electron chi connectivity index (χ3n) is 1.84. The van der Waals surface area contributed by atoms with E-state index in [1.165, 1.54) is 6.26 Å². The third kappa shape index (κ3) is 11.2. The summed E-state index contributed by atoms with van der Waals surface area (Å²) in [5.74, 6) is -0.479. The average Bonchev–Trinajstić information content (AvgIpc) is 2.36. The Hall–Kier alpha value is -1.59. The van der Waals surface area contributed by atoms with Crippen molar-refractivity contribution < 1.29 is 23.7 Å². The number of rotatable bonds is 12. The van der Waals surface area contributed by atoms with Gasteiger partial charge in [0.1, 0.15) is 13.2 Å². The molecule has 0 aromatic carbocycles. The summed E-state index contributed by atoms with van der Waals surface area (Å²) < 4.78 is 20.1. The van der Waals surface area contributed by atoms with E-state index in [0.717, 1.165) is 5.57 Å². The zero-order valence-corrected chi connectivity index (χ0v) is 11.5. The maximum absolute atomic E-state index is 11.4. The third-order valence-corrected chi connectivity index (χ3v) is 1.84. The predicted octanol–water partition coefficient (Wildman–Crippen LogP) is 1.86. The molecule has 0 rings (SSSR count). The number of esters is 1. The van der Waals surface area contributed by atoms with Crippen molar-refractivity contribution in [2.24, 2.45) is 0 Å². The van der Waals surface area contributed by atoms with Crippen LogP contribution in [-0.4, -0.2) is 45.6 Å². The van der Waals surface area contributed by atoms with E-state index in [-0.39, 0.29) is 18.8 Å². The summed E-state index contributed by atoms with van der Waals surface area (Å²) in [6.07, 6.45) is 1.35. The Morgan fingerprint density at radius 3 is 2.37 bits per heavy atom. The fraction of sp³-hybridized carbons (Fsp3) is 0.500. The summed E-state index contributed by atoms with van der Waals surface area (Å²) in [6, 6.07) is 0. The molecule has 0 aliphatic heterocycles. The maximum Gasteiger partial charge on any atom is 0.335 e. The summed E-state index contributed by atoms with van der Waals surface area (Å²) in [7, 11) is 0. The molecule has 0 aromatic rings. The highest BCUT2D eigenvalue weighted by atomic mass is 16.6. The van der Waals surface area contributed by atoms with Crippen molar-refractivity contribution in [2.75, 3.05) is 39.6 Å². The Labute approximate surface area is 114 Å². The fourth-order valence-corrected chi connectivity index (χ4v) is 0.995. The van der Waals surface area contributed by atoms with Gasteiger partial charge >= 0.3 is 5.97 Å². The van der Waals surface area contributed by atoms with Crippen molar-refractivity contribution in [1.29, 1.82) is 0 Å². The number of carbonyl (C=O) groups excluding carboxylic acids is 1. The van der Waals surface area contributed by atoms with Crippen LogP contribution >= 0.6 is 0 Å². The standard InChI is InChI=1S/C14H22O5/c1-5-16-6-7-17-8-9-19-14(15)13(4)11-18-10-12(2)3/h5H,1-2,4,6-11H2,3H3. The van der Waals surface area contributed by atoms with Crippen LogP contribution in [0, 0.1) is 0 Å². The van der Waals surface area contributed by atoms with Gasteiger partial charge in [0, 0.05) is 0 Å². The number of hydrogen-bond donors (Lipinski definition) is 0. The normalized spacial score (nSPS) is 9.74. The highest BCUT2D eigenvalue weighted by Gasteiger charge is 2.08. The SMILES string of the molecule is C=COCCOCCOC(=O)C(=C)COCC(=C)C. The molecule has 0 aliphatic rings. The lowest BCUT2D eigenvalue weighted by molar-refractivity contribution is -0.141. The molecule has 5 heteroatoms. The molecular weight excluding hydrogens is 248 g/mol. The van der Waals surface area contributed by atoms with E-state index in [4.69, 9.17) is 18.9 Å². The predicted molar refractivity (Wildman–Crippen MR) is 72.7 cm³/mol. The minimum absolute atomic E-state index is 0.139. The molecule has 19 heavy (non-hydrogen) atoms. The highest BCUT2D eigenvalue weighted by molar-refractivity contribution is 5.87. The zero-order chi connectivity index (χ0) is 14.5. The monoisotopic (exact) mass is 270 g/mol. The maximum atomic E-state index is 11.4. The summed E-state index contributed by atoms with van der Waals surface area (Å²) in [5, 5.41) is 0. The van der Waals surface area contributed by atoms with E-state index >= 15 is 0 Å². The topological polar surface area (TPSA) is 54.0 Å². The van der Waals surface area contributed by atoms with E-state index in [1.54, 1.807) is 0 Å². The lowest BCUT2D eigenvalue weighted by Gasteiger charge is -2.08. The molecular formula is C14H22O5. The lowest BCUT2D eigenvalue weighted by atomic mass is 10.3. The van der Waals surface area contributed by atoms with Crippen LogP contribution in [0.1, 0.15) is 6.92 Å². The van der Waals surface area contributed by atoms with Crippen LogP contribution in [-0.2, 0) is 23.7 Å². The molecule has 0 aliphatic carbocycles. The molecule has 0 bridgehead atoms. The van der Waals surface area contributed by atoms with Gasteiger partial charge in [-0.15, -0.1) is 0 Å². The van der Waals surface area contributed by atoms with Crippen LogP contribution in [0.5, 0.6) is 0 Å². The van der Waals surface area contributed by atoms with Crippen LogP contribution in [0.3, 0.4) is 0 Å². The largest absolute Gasteiger partial charge is 0.499 e. The molecule has 0 amide bonds. The Bertz CT molecular complexity index is 309. The number of hydrogen-bond acceptors (Lipinski definition) is 5. The molecule has 0 saturated carbocycles. The van der Waals surface area contributed by atoms with Crippen LogP contribution < -0.4 is 0 Å². The molecule has 0 saturated heterocycles. The molecule has 0 fully saturated rings. The van der Waals surface area contributed by atoms with Crippen molar-refractivity contribution in [2.45, 2.75) is 6.92 Å². The minimum Gasteiger partial charge on any atom is -0.499 e.